The fraction of sp³-hybridized carbons (Fsp3) is 0.471. The summed E-state index contributed by atoms with van der Waals surface area (Å²) in [6, 6.07) is 4.00. The second kappa shape index (κ2) is 7.24. The van der Waals surface area contributed by atoms with E-state index in [-0.39, 0.29) is 23.6 Å². The monoisotopic (exact) mass is 291 g/mol. The predicted molar refractivity (Wildman–Crippen MR) is 81.4 cm³/mol. The summed E-state index contributed by atoms with van der Waals surface area (Å²) in [6.45, 7) is 5.88. The summed E-state index contributed by atoms with van der Waals surface area (Å²) in [5, 5.41) is 8.76. The Morgan fingerprint density at radius 3 is 2.67 bits per heavy atom. The van der Waals surface area contributed by atoms with E-state index in [0.29, 0.717) is 12.0 Å². The summed E-state index contributed by atoms with van der Waals surface area (Å²) >= 11 is 0. The molecule has 0 fully saturated rings. The number of carbonyl (C=O) groups excluding carboxylic acids is 1. The van der Waals surface area contributed by atoms with Crippen LogP contribution in [0.5, 0.6) is 0 Å². The maximum absolute atomic E-state index is 13.5. The number of benzene rings is 1. The third-order valence-corrected chi connectivity index (χ3v) is 3.75. The van der Waals surface area contributed by atoms with E-state index >= 15 is 0 Å². The first-order valence-corrected chi connectivity index (χ1v) is 7.01. The van der Waals surface area contributed by atoms with Crippen molar-refractivity contribution in [1.82, 2.24) is 4.90 Å². The van der Waals surface area contributed by atoms with Crippen LogP contribution in [-0.4, -0.2) is 35.1 Å². The second-order valence-electron chi connectivity index (χ2n) is 5.50. The van der Waals surface area contributed by atoms with Crippen LogP contribution in [0.4, 0.5) is 4.39 Å². The molecule has 0 atom stereocenters. The lowest BCUT2D eigenvalue weighted by atomic mass is 9.97. The second-order valence-corrected chi connectivity index (χ2v) is 5.50. The zero-order chi connectivity index (χ0) is 16.0. The first-order chi connectivity index (χ1) is 9.83. The molecule has 0 aliphatic heterocycles. The van der Waals surface area contributed by atoms with Gasteiger partial charge in [0.25, 0.3) is 5.91 Å². The summed E-state index contributed by atoms with van der Waals surface area (Å²) in [5.41, 5.74) is 0.414. The SMILES string of the molecule is CCC(C)(C)N(C)C(=O)c1cc(F)ccc1C#CCCO. The molecule has 0 spiro atoms. The normalized spacial score (nSPS) is 10.8. The maximum atomic E-state index is 13.5. The Morgan fingerprint density at radius 2 is 2.10 bits per heavy atom. The van der Waals surface area contributed by atoms with Crippen LogP contribution in [0.25, 0.3) is 0 Å². The van der Waals surface area contributed by atoms with E-state index in [1.165, 1.54) is 18.2 Å². The van der Waals surface area contributed by atoms with Gasteiger partial charge in [0.1, 0.15) is 5.82 Å². The molecule has 114 valence electrons. The molecule has 1 N–H and O–H groups in total. The highest BCUT2D eigenvalue weighted by molar-refractivity contribution is 5.97. The van der Waals surface area contributed by atoms with Crippen LogP contribution in [0.1, 0.15) is 49.5 Å². The van der Waals surface area contributed by atoms with E-state index in [0.717, 1.165) is 6.42 Å². The molecule has 1 aromatic rings. The summed E-state index contributed by atoms with van der Waals surface area (Å²) in [4.78, 5) is 14.2. The van der Waals surface area contributed by atoms with Crippen LogP contribution in [0.3, 0.4) is 0 Å². The number of halogens is 1. The van der Waals surface area contributed by atoms with E-state index in [1.807, 2.05) is 20.8 Å². The van der Waals surface area contributed by atoms with Gasteiger partial charge < -0.3 is 10.0 Å². The van der Waals surface area contributed by atoms with Crippen LogP contribution >= 0.6 is 0 Å². The van der Waals surface area contributed by atoms with Crippen molar-refractivity contribution in [3.05, 3.63) is 35.1 Å². The number of hydrogen-bond acceptors (Lipinski definition) is 2. The molecule has 3 nitrogen and oxygen atoms in total. The number of amides is 1. The number of rotatable bonds is 4. The molecular formula is C17H22FNO2. The highest BCUT2D eigenvalue weighted by atomic mass is 19.1. The molecule has 1 rings (SSSR count). The van der Waals surface area contributed by atoms with Crippen molar-refractivity contribution >= 4 is 5.91 Å². The Kier molecular flexibility index (Phi) is 5.92. The highest BCUT2D eigenvalue weighted by Gasteiger charge is 2.27. The minimum Gasteiger partial charge on any atom is -0.395 e. The Labute approximate surface area is 125 Å². The minimum absolute atomic E-state index is 0.0414. The maximum Gasteiger partial charge on any atom is 0.255 e. The number of nitrogens with zero attached hydrogens (tertiary/aromatic N) is 1. The third kappa shape index (κ3) is 4.30. The molecule has 0 aromatic heterocycles. The summed E-state index contributed by atoms with van der Waals surface area (Å²) in [6.07, 6.45) is 1.11. The largest absolute Gasteiger partial charge is 0.395 e. The van der Waals surface area contributed by atoms with Crippen molar-refractivity contribution in [2.75, 3.05) is 13.7 Å². The Hall–Kier alpha value is -1.86. The Morgan fingerprint density at radius 1 is 1.43 bits per heavy atom. The van der Waals surface area contributed by atoms with Crippen molar-refractivity contribution in [2.24, 2.45) is 0 Å². The molecule has 0 bridgehead atoms. The Balaban J connectivity index is 3.20. The van der Waals surface area contributed by atoms with Crippen molar-refractivity contribution in [3.63, 3.8) is 0 Å². The molecule has 1 amide bonds. The molecule has 4 heteroatoms. The van der Waals surface area contributed by atoms with Crippen LogP contribution < -0.4 is 0 Å². The fourth-order valence-electron chi connectivity index (χ4n) is 1.71. The summed E-state index contributed by atoms with van der Waals surface area (Å²) < 4.78 is 13.5. The van der Waals surface area contributed by atoms with Crippen LogP contribution in [0.2, 0.25) is 0 Å². The molecule has 0 heterocycles. The lowest BCUT2D eigenvalue weighted by Gasteiger charge is -2.35. The van der Waals surface area contributed by atoms with Crippen LogP contribution in [0, 0.1) is 17.7 Å². The van der Waals surface area contributed by atoms with E-state index in [1.54, 1.807) is 11.9 Å². The average Bonchev–Trinajstić information content (AvgIpc) is 2.47. The summed E-state index contributed by atoms with van der Waals surface area (Å²) in [5.74, 6) is 4.87. The van der Waals surface area contributed by atoms with Gasteiger partial charge in [-0.3, -0.25) is 4.79 Å². The standard InChI is InChI=1S/C17H22FNO2/c1-5-17(2,3)19(4)16(21)15-12-14(18)10-9-13(15)8-6-7-11-20/h9-10,12,20H,5,7,11H2,1-4H3. The first-order valence-electron chi connectivity index (χ1n) is 7.01. The van der Waals surface area contributed by atoms with Gasteiger partial charge in [0.2, 0.25) is 0 Å². The van der Waals surface area contributed by atoms with E-state index in [4.69, 9.17) is 5.11 Å². The minimum atomic E-state index is -0.464. The molecular weight excluding hydrogens is 269 g/mol. The third-order valence-electron chi connectivity index (χ3n) is 3.75. The molecule has 0 aliphatic carbocycles. The van der Waals surface area contributed by atoms with E-state index < -0.39 is 5.82 Å². The molecule has 0 unspecified atom stereocenters. The van der Waals surface area contributed by atoms with Crippen molar-refractivity contribution in [3.8, 4) is 11.8 Å². The number of aliphatic hydroxyl groups excluding tert-OH is 1. The van der Waals surface area contributed by atoms with Gasteiger partial charge in [-0.25, -0.2) is 4.39 Å². The van der Waals surface area contributed by atoms with Gasteiger partial charge in [0.05, 0.1) is 12.2 Å². The smallest absolute Gasteiger partial charge is 0.255 e. The summed E-state index contributed by atoms with van der Waals surface area (Å²) in [7, 11) is 1.71. The quantitative estimate of drug-likeness (QED) is 0.867. The van der Waals surface area contributed by atoms with Gasteiger partial charge >= 0.3 is 0 Å². The van der Waals surface area contributed by atoms with E-state index in [9.17, 15) is 9.18 Å². The number of hydrogen-bond donors (Lipinski definition) is 1. The van der Waals surface area contributed by atoms with Crippen molar-refractivity contribution in [1.29, 1.82) is 0 Å². The topological polar surface area (TPSA) is 40.5 Å². The molecule has 0 saturated heterocycles. The van der Waals surface area contributed by atoms with Gasteiger partial charge in [-0.2, -0.15) is 0 Å². The highest BCUT2D eigenvalue weighted by Crippen LogP contribution is 2.21. The van der Waals surface area contributed by atoms with E-state index in [2.05, 4.69) is 11.8 Å². The molecule has 21 heavy (non-hydrogen) atoms. The van der Waals surface area contributed by atoms with Gasteiger partial charge in [-0.1, -0.05) is 18.8 Å². The van der Waals surface area contributed by atoms with Gasteiger partial charge in [-0.05, 0) is 38.5 Å². The molecule has 0 saturated carbocycles. The molecule has 0 radical (unpaired) electrons. The van der Waals surface area contributed by atoms with Crippen LogP contribution in [-0.2, 0) is 0 Å². The average molecular weight is 291 g/mol. The number of aliphatic hydroxyl groups is 1. The zero-order valence-electron chi connectivity index (χ0n) is 13.0. The zero-order valence-corrected chi connectivity index (χ0v) is 13.0. The van der Waals surface area contributed by atoms with Gasteiger partial charge in [0, 0.05) is 24.6 Å². The lowest BCUT2D eigenvalue weighted by Crippen LogP contribution is -2.44. The fourth-order valence-corrected chi connectivity index (χ4v) is 1.71. The molecule has 1 aromatic carbocycles. The Bertz CT molecular complexity index is 570. The van der Waals surface area contributed by atoms with Gasteiger partial charge in [-0.15, -0.1) is 0 Å². The molecule has 0 aliphatic rings. The lowest BCUT2D eigenvalue weighted by molar-refractivity contribution is 0.0619. The first kappa shape index (κ1) is 17.2. The predicted octanol–water partition coefficient (Wildman–Crippen LogP) is 2.82. The number of carbonyl (C=O) groups is 1. The van der Waals surface area contributed by atoms with Crippen molar-refractivity contribution < 1.29 is 14.3 Å². The van der Waals surface area contributed by atoms with Crippen LogP contribution in [0.15, 0.2) is 18.2 Å². The van der Waals surface area contributed by atoms with Gasteiger partial charge in [0.15, 0.2) is 0 Å². The van der Waals surface area contributed by atoms with Crippen molar-refractivity contribution in [2.45, 2.75) is 39.2 Å².